The highest BCUT2D eigenvalue weighted by molar-refractivity contribution is 8.00. The number of thioether (sulfide) groups is 1. The molecule has 0 aliphatic heterocycles. The zero-order valence-corrected chi connectivity index (χ0v) is 14.8. The maximum Gasteiger partial charge on any atom is 0.418 e. The molecule has 9 heteroatoms. The van der Waals surface area contributed by atoms with Crippen LogP contribution in [0.4, 0.5) is 18.9 Å². The molecule has 2 N–H and O–H groups in total. The van der Waals surface area contributed by atoms with Gasteiger partial charge >= 0.3 is 6.18 Å². The van der Waals surface area contributed by atoms with Crippen molar-refractivity contribution in [1.82, 2.24) is 9.97 Å². The first-order valence-electron chi connectivity index (χ1n) is 7.88. The lowest BCUT2D eigenvalue weighted by molar-refractivity contribution is -0.137. The molecule has 0 bridgehead atoms. The molecule has 27 heavy (non-hydrogen) atoms. The van der Waals surface area contributed by atoms with Crippen molar-refractivity contribution in [2.75, 3.05) is 5.32 Å². The standard InChI is InChI=1S/C18H14F3N3O2S/c1-10(15(25)22-14-9-5-3-7-12(14)18(19,20)21)27-17-23-13-8-4-2-6-11(13)16(26)24-17/h2-10H,1H3,(H,22,25)(H,23,24,26)/t10-/m0/s1. The van der Waals surface area contributed by atoms with E-state index >= 15 is 0 Å². The van der Waals surface area contributed by atoms with Crippen LogP contribution in [0.1, 0.15) is 12.5 Å². The van der Waals surface area contributed by atoms with Crippen LogP contribution in [0.2, 0.25) is 0 Å². The molecule has 0 fully saturated rings. The summed E-state index contributed by atoms with van der Waals surface area (Å²) < 4.78 is 39.1. The fourth-order valence-corrected chi connectivity index (χ4v) is 3.22. The SMILES string of the molecule is C[C@H](Sc1nc2ccccc2c(=O)[nH]1)C(=O)Nc1ccccc1C(F)(F)F. The number of hydrogen-bond acceptors (Lipinski definition) is 4. The highest BCUT2D eigenvalue weighted by Gasteiger charge is 2.34. The number of carbonyl (C=O) groups is 1. The number of nitrogens with zero attached hydrogens (tertiary/aromatic N) is 1. The van der Waals surface area contributed by atoms with Crippen LogP contribution in [0.25, 0.3) is 10.9 Å². The van der Waals surface area contributed by atoms with E-state index in [1.807, 2.05) is 0 Å². The number of aromatic nitrogens is 2. The quantitative estimate of drug-likeness (QED) is 0.518. The lowest BCUT2D eigenvalue weighted by Gasteiger charge is -2.16. The second-order valence-corrected chi connectivity index (χ2v) is 7.01. The Labute approximate surface area is 156 Å². The topological polar surface area (TPSA) is 74.8 Å². The largest absolute Gasteiger partial charge is 0.418 e. The molecule has 5 nitrogen and oxygen atoms in total. The zero-order chi connectivity index (χ0) is 19.6. The number of H-pyrrole nitrogens is 1. The number of alkyl halides is 3. The van der Waals surface area contributed by atoms with Gasteiger partial charge in [0.1, 0.15) is 0 Å². The molecular formula is C18H14F3N3O2S. The Balaban J connectivity index is 1.79. The molecule has 3 aromatic rings. The number of carbonyl (C=O) groups excluding carboxylic acids is 1. The molecule has 1 heterocycles. The summed E-state index contributed by atoms with van der Waals surface area (Å²) in [5.74, 6) is -0.632. The summed E-state index contributed by atoms with van der Waals surface area (Å²) in [6.45, 7) is 1.52. The van der Waals surface area contributed by atoms with Crippen LogP contribution in [-0.2, 0) is 11.0 Å². The summed E-state index contributed by atoms with van der Waals surface area (Å²) in [6, 6.07) is 11.5. The summed E-state index contributed by atoms with van der Waals surface area (Å²) in [4.78, 5) is 31.2. The minimum absolute atomic E-state index is 0.213. The molecule has 0 radical (unpaired) electrons. The fourth-order valence-electron chi connectivity index (χ4n) is 2.42. The Bertz CT molecular complexity index is 1050. The Kier molecular flexibility index (Phi) is 5.22. The maximum absolute atomic E-state index is 13.0. The predicted octanol–water partition coefficient (Wildman–Crippen LogP) is 4.06. The monoisotopic (exact) mass is 393 g/mol. The van der Waals surface area contributed by atoms with Crippen LogP contribution < -0.4 is 10.9 Å². The van der Waals surface area contributed by atoms with Crippen molar-refractivity contribution in [3.05, 3.63) is 64.4 Å². The molecule has 0 aliphatic carbocycles. The fraction of sp³-hybridized carbons (Fsp3) is 0.167. The molecule has 0 saturated heterocycles. The molecule has 0 aliphatic rings. The molecule has 0 unspecified atom stereocenters. The summed E-state index contributed by atoms with van der Waals surface area (Å²) in [5, 5.41) is 2.14. The highest BCUT2D eigenvalue weighted by Crippen LogP contribution is 2.35. The second kappa shape index (κ2) is 7.43. The van der Waals surface area contributed by atoms with E-state index in [0.29, 0.717) is 10.9 Å². The van der Waals surface area contributed by atoms with E-state index in [-0.39, 0.29) is 16.4 Å². The van der Waals surface area contributed by atoms with Crippen LogP contribution in [0, 0.1) is 0 Å². The normalized spacial score (nSPS) is 12.7. The number of halogens is 3. The van der Waals surface area contributed by atoms with Gasteiger partial charge in [-0.05, 0) is 31.2 Å². The molecule has 2 aromatic carbocycles. The van der Waals surface area contributed by atoms with E-state index < -0.39 is 22.9 Å². The van der Waals surface area contributed by atoms with Crippen molar-refractivity contribution in [2.24, 2.45) is 0 Å². The first-order valence-corrected chi connectivity index (χ1v) is 8.76. The molecule has 1 aromatic heterocycles. The number of para-hydroxylation sites is 2. The van der Waals surface area contributed by atoms with Crippen molar-refractivity contribution in [3.8, 4) is 0 Å². The van der Waals surface area contributed by atoms with Gasteiger partial charge in [0.05, 0.1) is 27.4 Å². The molecule has 1 amide bonds. The van der Waals surface area contributed by atoms with Gasteiger partial charge in [0.15, 0.2) is 5.16 Å². The number of fused-ring (bicyclic) bond motifs is 1. The summed E-state index contributed by atoms with van der Waals surface area (Å²) >= 11 is 0.953. The summed E-state index contributed by atoms with van der Waals surface area (Å²) in [5.41, 5.74) is -1.12. The van der Waals surface area contributed by atoms with Crippen molar-refractivity contribution in [2.45, 2.75) is 23.5 Å². The van der Waals surface area contributed by atoms with Gasteiger partial charge in [-0.15, -0.1) is 0 Å². The Morgan fingerprint density at radius 3 is 2.56 bits per heavy atom. The average molecular weight is 393 g/mol. The molecule has 0 spiro atoms. The average Bonchev–Trinajstić information content (AvgIpc) is 2.61. The van der Waals surface area contributed by atoms with Gasteiger partial charge in [-0.2, -0.15) is 13.2 Å². The smallest absolute Gasteiger partial charge is 0.325 e. The van der Waals surface area contributed by atoms with Crippen molar-refractivity contribution < 1.29 is 18.0 Å². The lowest BCUT2D eigenvalue weighted by atomic mass is 10.1. The molecular weight excluding hydrogens is 379 g/mol. The molecule has 3 rings (SSSR count). The number of amides is 1. The molecule has 1 atom stereocenters. The highest BCUT2D eigenvalue weighted by atomic mass is 32.2. The third-order valence-corrected chi connectivity index (χ3v) is 4.72. The van der Waals surface area contributed by atoms with Crippen LogP contribution in [0.5, 0.6) is 0 Å². The Morgan fingerprint density at radius 2 is 1.81 bits per heavy atom. The van der Waals surface area contributed by atoms with E-state index in [0.717, 1.165) is 17.8 Å². The van der Waals surface area contributed by atoms with Gasteiger partial charge in [-0.1, -0.05) is 36.0 Å². The third kappa shape index (κ3) is 4.30. The summed E-state index contributed by atoms with van der Waals surface area (Å²) in [7, 11) is 0. The van der Waals surface area contributed by atoms with E-state index in [2.05, 4.69) is 15.3 Å². The van der Waals surface area contributed by atoms with Crippen molar-refractivity contribution in [3.63, 3.8) is 0 Å². The van der Waals surface area contributed by atoms with Crippen LogP contribution in [0.3, 0.4) is 0 Å². The molecule has 0 saturated carbocycles. The number of anilines is 1. The number of hydrogen-bond donors (Lipinski definition) is 2. The second-order valence-electron chi connectivity index (χ2n) is 5.68. The minimum atomic E-state index is -4.58. The first kappa shape index (κ1) is 19.0. The van der Waals surface area contributed by atoms with E-state index in [1.165, 1.54) is 25.1 Å². The minimum Gasteiger partial charge on any atom is -0.325 e. The van der Waals surface area contributed by atoms with Gasteiger partial charge in [-0.25, -0.2) is 4.98 Å². The van der Waals surface area contributed by atoms with E-state index in [4.69, 9.17) is 0 Å². The summed E-state index contributed by atoms with van der Waals surface area (Å²) in [6.07, 6.45) is -4.58. The number of rotatable bonds is 4. The van der Waals surface area contributed by atoms with Crippen molar-refractivity contribution in [1.29, 1.82) is 0 Å². The van der Waals surface area contributed by atoms with Crippen molar-refractivity contribution >= 4 is 34.3 Å². The number of benzene rings is 2. The molecule has 140 valence electrons. The Morgan fingerprint density at radius 1 is 1.15 bits per heavy atom. The van der Waals surface area contributed by atoms with Gasteiger partial charge in [0.25, 0.3) is 5.56 Å². The first-order chi connectivity index (χ1) is 12.8. The Hall–Kier alpha value is -2.81. The zero-order valence-electron chi connectivity index (χ0n) is 14.0. The lowest BCUT2D eigenvalue weighted by Crippen LogP contribution is -2.25. The number of aromatic amines is 1. The van der Waals surface area contributed by atoms with Gasteiger partial charge in [0.2, 0.25) is 5.91 Å². The third-order valence-electron chi connectivity index (χ3n) is 3.74. The predicted molar refractivity (Wildman–Crippen MR) is 97.8 cm³/mol. The van der Waals surface area contributed by atoms with Gasteiger partial charge < -0.3 is 10.3 Å². The van der Waals surface area contributed by atoms with Crippen LogP contribution in [0.15, 0.2) is 58.5 Å². The van der Waals surface area contributed by atoms with E-state index in [1.54, 1.807) is 24.3 Å². The van der Waals surface area contributed by atoms with Crippen LogP contribution >= 0.6 is 11.8 Å². The van der Waals surface area contributed by atoms with Gasteiger partial charge in [-0.3, -0.25) is 9.59 Å². The van der Waals surface area contributed by atoms with Gasteiger partial charge in [0, 0.05) is 0 Å². The van der Waals surface area contributed by atoms with Crippen LogP contribution in [-0.4, -0.2) is 21.1 Å². The van der Waals surface area contributed by atoms with E-state index in [9.17, 15) is 22.8 Å². The number of nitrogens with one attached hydrogen (secondary N) is 2. The maximum atomic E-state index is 13.0.